The van der Waals surface area contributed by atoms with Crippen LogP contribution < -0.4 is 0 Å². The van der Waals surface area contributed by atoms with Crippen LogP contribution in [0.1, 0.15) is 81.1 Å². The lowest BCUT2D eigenvalue weighted by Crippen LogP contribution is -2.33. The summed E-state index contributed by atoms with van der Waals surface area (Å²) in [7, 11) is 0. The van der Waals surface area contributed by atoms with Gasteiger partial charge in [0.2, 0.25) is 0 Å². The van der Waals surface area contributed by atoms with Gasteiger partial charge in [0.05, 0.1) is 11.8 Å². The van der Waals surface area contributed by atoms with E-state index in [1.165, 1.54) is 0 Å². The molecule has 142 valence electrons. The van der Waals surface area contributed by atoms with Crippen LogP contribution in [0.15, 0.2) is 0 Å². The van der Waals surface area contributed by atoms with Gasteiger partial charge < -0.3 is 0 Å². The molecule has 0 bridgehead atoms. The first-order chi connectivity index (χ1) is 10.9. The Morgan fingerprint density at radius 2 is 1.04 bits per heavy atom. The SMILES string of the molecule is CCC(C)C(=O)OOC(C)(C)CCC(C)(C)OOC(=O)C(C)CC. The van der Waals surface area contributed by atoms with Crippen molar-refractivity contribution in [2.45, 2.75) is 92.3 Å². The molecule has 0 aromatic carbocycles. The van der Waals surface area contributed by atoms with Crippen LogP contribution in [0.3, 0.4) is 0 Å². The van der Waals surface area contributed by atoms with E-state index >= 15 is 0 Å². The predicted octanol–water partition coefficient (Wildman–Crippen LogP) is 4.37. The third-order valence-electron chi connectivity index (χ3n) is 4.06. The van der Waals surface area contributed by atoms with Gasteiger partial charge in [-0.15, -0.1) is 0 Å². The minimum atomic E-state index is -0.662. The number of carbonyl (C=O) groups is 2. The van der Waals surface area contributed by atoms with E-state index in [1.807, 2.05) is 41.5 Å². The lowest BCUT2D eigenvalue weighted by molar-refractivity contribution is -0.343. The standard InChI is InChI=1S/C18H34O6/c1-9-13(3)15(19)21-23-17(5,6)11-12-18(7,8)24-22-16(20)14(4)10-2/h13-14H,9-12H2,1-8H3. The maximum Gasteiger partial charge on any atom is 0.345 e. The molecule has 24 heavy (non-hydrogen) atoms. The molecule has 0 aliphatic rings. The van der Waals surface area contributed by atoms with Gasteiger partial charge in [-0.3, -0.25) is 9.78 Å². The predicted molar refractivity (Wildman–Crippen MR) is 90.7 cm³/mol. The Bertz CT molecular complexity index is 364. The van der Waals surface area contributed by atoms with Crippen molar-refractivity contribution in [3.8, 4) is 0 Å². The topological polar surface area (TPSA) is 71.1 Å². The molecule has 0 fully saturated rings. The fourth-order valence-electron chi connectivity index (χ4n) is 1.49. The lowest BCUT2D eigenvalue weighted by Gasteiger charge is -2.29. The molecule has 0 amide bonds. The van der Waals surface area contributed by atoms with Gasteiger partial charge >= 0.3 is 11.9 Å². The van der Waals surface area contributed by atoms with E-state index in [2.05, 4.69) is 0 Å². The molecule has 0 radical (unpaired) electrons. The van der Waals surface area contributed by atoms with Gasteiger partial charge in [0.1, 0.15) is 11.2 Å². The third-order valence-corrected chi connectivity index (χ3v) is 4.06. The van der Waals surface area contributed by atoms with Crippen LogP contribution in [0.25, 0.3) is 0 Å². The molecule has 0 rings (SSSR count). The van der Waals surface area contributed by atoms with Crippen molar-refractivity contribution in [3.63, 3.8) is 0 Å². The largest absolute Gasteiger partial charge is 0.345 e. The van der Waals surface area contributed by atoms with Gasteiger partial charge in [0.25, 0.3) is 0 Å². The normalized spacial score (nSPS) is 14.8. The molecule has 2 unspecified atom stereocenters. The average Bonchev–Trinajstić information content (AvgIpc) is 2.54. The van der Waals surface area contributed by atoms with E-state index in [4.69, 9.17) is 19.6 Å². The van der Waals surface area contributed by atoms with Crippen molar-refractivity contribution in [3.05, 3.63) is 0 Å². The summed E-state index contributed by atoms with van der Waals surface area (Å²) in [5, 5.41) is 0. The first-order valence-electron chi connectivity index (χ1n) is 8.73. The Labute approximate surface area is 146 Å². The minimum Gasteiger partial charge on any atom is -0.298 e. The van der Waals surface area contributed by atoms with Crippen LogP contribution in [0.2, 0.25) is 0 Å². The maximum absolute atomic E-state index is 11.7. The molecule has 6 heteroatoms. The minimum absolute atomic E-state index is 0.194. The van der Waals surface area contributed by atoms with E-state index < -0.39 is 11.2 Å². The summed E-state index contributed by atoms with van der Waals surface area (Å²) in [6, 6.07) is 0. The molecular weight excluding hydrogens is 312 g/mol. The van der Waals surface area contributed by atoms with Crippen LogP contribution in [0.5, 0.6) is 0 Å². The third kappa shape index (κ3) is 9.23. The molecular formula is C18H34O6. The van der Waals surface area contributed by atoms with Crippen LogP contribution in [0, 0.1) is 11.8 Å². The Hall–Kier alpha value is -1.14. The van der Waals surface area contributed by atoms with Gasteiger partial charge in [-0.1, -0.05) is 27.7 Å². The second-order valence-corrected chi connectivity index (χ2v) is 7.61. The molecule has 0 aromatic rings. The summed E-state index contributed by atoms with van der Waals surface area (Å²) < 4.78 is 0. The lowest BCUT2D eigenvalue weighted by atomic mass is 9.94. The summed E-state index contributed by atoms with van der Waals surface area (Å²) in [5.41, 5.74) is -1.32. The molecule has 0 aliphatic heterocycles. The average molecular weight is 346 g/mol. The quantitative estimate of drug-likeness (QED) is 0.409. The fraction of sp³-hybridized carbons (Fsp3) is 0.889. The Balaban J connectivity index is 4.31. The van der Waals surface area contributed by atoms with E-state index in [0.29, 0.717) is 25.7 Å². The Kier molecular flexibility index (Phi) is 9.51. The van der Waals surface area contributed by atoms with E-state index in [1.54, 1.807) is 13.8 Å². The zero-order valence-electron chi connectivity index (χ0n) is 16.4. The molecule has 0 aliphatic carbocycles. The molecule has 0 N–H and O–H groups in total. The highest BCUT2D eigenvalue weighted by Crippen LogP contribution is 2.26. The monoisotopic (exact) mass is 346 g/mol. The summed E-state index contributed by atoms with van der Waals surface area (Å²) >= 11 is 0. The molecule has 2 atom stereocenters. The molecule has 0 spiro atoms. The van der Waals surface area contributed by atoms with E-state index in [0.717, 1.165) is 0 Å². The smallest absolute Gasteiger partial charge is 0.298 e. The molecule has 6 nitrogen and oxygen atoms in total. The number of hydrogen-bond donors (Lipinski definition) is 0. The summed E-state index contributed by atoms with van der Waals surface area (Å²) in [5.74, 6) is -1.13. The molecule has 0 aromatic heterocycles. The van der Waals surface area contributed by atoms with E-state index in [-0.39, 0.29) is 23.8 Å². The van der Waals surface area contributed by atoms with Crippen LogP contribution in [0.4, 0.5) is 0 Å². The highest BCUT2D eigenvalue weighted by Gasteiger charge is 2.30. The first-order valence-corrected chi connectivity index (χ1v) is 8.73. The number of rotatable bonds is 11. The van der Waals surface area contributed by atoms with Crippen molar-refractivity contribution in [2.75, 3.05) is 0 Å². The second kappa shape index (κ2) is 9.99. The summed E-state index contributed by atoms with van der Waals surface area (Å²) in [6.45, 7) is 14.7. The maximum atomic E-state index is 11.7. The number of carbonyl (C=O) groups excluding carboxylic acids is 2. The highest BCUT2D eigenvalue weighted by atomic mass is 17.2. The van der Waals surface area contributed by atoms with Crippen molar-refractivity contribution in [1.82, 2.24) is 0 Å². The van der Waals surface area contributed by atoms with Crippen LogP contribution in [-0.2, 0) is 29.1 Å². The zero-order valence-corrected chi connectivity index (χ0v) is 16.4. The Morgan fingerprint density at radius 1 is 0.750 bits per heavy atom. The summed E-state index contributed by atoms with van der Waals surface area (Å²) in [4.78, 5) is 43.7. The fourth-order valence-corrected chi connectivity index (χ4v) is 1.49. The molecule has 0 heterocycles. The van der Waals surface area contributed by atoms with Crippen molar-refractivity contribution >= 4 is 11.9 Å². The van der Waals surface area contributed by atoms with Crippen LogP contribution in [-0.4, -0.2) is 23.1 Å². The first kappa shape index (κ1) is 22.9. The van der Waals surface area contributed by atoms with Crippen LogP contribution >= 0.6 is 0 Å². The van der Waals surface area contributed by atoms with Crippen molar-refractivity contribution in [1.29, 1.82) is 0 Å². The van der Waals surface area contributed by atoms with Gasteiger partial charge in [-0.2, -0.15) is 9.78 Å². The van der Waals surface area contributed by atoms with Gasteiger partial charge in [-0.05, 0) is 53.4 Å². The van der Waals surface area contributed by atoms with Crippen molar-refractivity contribution in [2.24, 2.45) is 11.8 Å². The van der Waals surface area contributed by atoms with Gasteiger partial charge in [-0.25, -0.2) is 9.59 Å². The molecule has 0 saturated carbocycles. The zero-order chi connectivity index (χ0) is 19.0. The van der Waals surface area contributed by atoms with Crippen molar-refractivity contribution < 1.29 is 29.1 Å². The van der Waals surface area contributed by atoms with Gasteiger partial charge in [0.15, 0.2) is 0 Å². The molecule has 0 saturated heterocycles. The second-order valence-electron chi connectivity index (χ2n) is 7.61. The summed E-state index contributed by atoms with van der Waals surface area (Å²) in [6.07, 6.45) is 2.53. The van der Waals surface area contributed by atoms with E-state index in [9.17, 15) is 9.59 Å². The van der Waals surface area contributed by atoms with Gasteiger partial charge in [0, 0.05) is 0 Å². The number of hydrogen-bond acceptors (Lipinski definition) is 6. The Morgan fingerprint density at radius 3 is 1.29 bits per heavy atom. The highest BCUT2D eigenvalue weighted by molar-refractivity contribution is 5.71.